The van der Waals surface area contributed by atoms with Gasteiger partial charge in [0.15, 0.2) is 0 Å². The normalized spacial score (nSPS) is 16.5. The van der Waals surface area contributed by atoms with E-state index >= 15 is 0 Å². The summed E-state index contributed by atoms with van der Waals surface area (Å²) in [6, 6.07) is 9.41. The number of nitrogens with zero attached hydrogens (tertiary/aromatic N) is 2. The zero-order valence-electron chi connectivity index (χ0n) is 21.8. The van der Waals surface area contributed by atoms with E-state index in [1.54, 1.807) is 26.8 Å². The van der Waals surface area contributed by atoms with Crippen molar-refractivity contribution in [3.05, 3.63) is 59.1 Å². The first-order valence-electron chi connectivity index (χ1n) is 12.3. The van der Waals surface area contributed by atoms with Crippen molar-refractivity contribution >= 4 is 39.3 Å². The van der Waals surface area contributed by atoms with Crippen molar-refractivity contribution in [2.45, 2.75) is 50.3 Å². The summed E-state index contributed by atoms with van der Waals surface area (Å²) in [5.41, 5.74) is -2.23. The Morgan fingerprint density at radius 1 is 1.13 bits per heavy atom. The van der Waals surface area contributed by atoms with Crippen molar-refractivity contribution in [2.75, 3.05) is 30.5 Å². The van der Waals surface area contributed by atoms with E-state index < -0.39 is 51.6 Å². The molecule has 2 aromatic carbocycles. The maximum Gasteiger partial charge on any atom is 0.416 e. The van der Waals surface area contributed by atoms with Crippen molar-refractivity contribution in [1.82, 2.24) is 10.2 Å². The lowest BCUT2D eigenvalue weighted by atomic mass is 9.98. The van der Waals surface area contributed by atoms with Gasteiger partial charge in [0.25, 0.3) is 10.0 Å². The number of sulfonamides is 1. The summed E-state index contributed by atoms with van der Waals surface area (Å²) in [7, 11) is -4.46. The van der Waals surface area contributed by atoms with Crippen LogP contribution in [0.3, 0.4) is 0 Å². The lowest BCUT2D eigenvalue weighted by Crippen LogP contribution is -2.48. The van der Waals surface area contributed by atoms with Gasteiger partial charge in [-0.15, -0.1) is 0 Å². The molecule has 1 fully saturated rings. The topological polar surface area (TPSA) is 96.0 Å². The molecule has 8 nitrogen and oxygen atoms in total. The van der Waals surface area contributed by atoms with E-state index in [-0.39, 0.29) is 28.9 Å². The number of hydrogen-bond donors (Lipinski definition) is 1. The molecule has 13 heteroatoms. The molecule has 0 saturated carbocycles. The van der Waals surface area contributed by atoms with Gasteiger partial charge in [0.1, 0.15) is 12.1 Å². The van der Waals surface area contributed by atoms with Gasteiger partial charge in [0.05, 0.1) is 21.2 Å². The fraction of sp³-hybridized carbons (Fsp3) is 0.462. The van der Waals surface area contributed by atoms with Crippen LogP contribution < -0.4 is 9.62 Å². The molecule has 0 unspecified atom stereocenters. The Morgan fingerprint density at radius 3 is 2.41 bits per heavy atom. The molecule has 0 aliphatic carbocycles. The van der Waals surface area contributed by atoms with Gasteiger partial charge in [-0.3, -0.25) is 9.10 Å². The molecule has 214 valence electrons. The number of carbonyl (C=O) groups excluding carboxylic acids is 2. The van der Waals surface area contributed by atoms with E-state index in [1.807, 2.05) is 0 Å². The lowest BCUT2D eigenvalue weighted by Gasteiger charge is -2.35. The smallest absolute Gasteiger partial charge is 0.416 e. The summed E-state index contributed by atoms with van der Waals surface area (Å²) in [4.78, 5) is 26.6. The van der Waals surface area contributed by atoms with Gasteiger partial charge < -0.3 is 15.0 Å². The van der Waals surface area contributed by atoms with E-state index in [1.165, 1.54) is 29.2 Å². The third-order valence-electron chi connectivity index (χ3n) is 5.96. The van der Waals surface area contributed by atoms with Crippen LogP contribution in [0.25, 0.3) is 0 Å². The van der Waals surface area contributed by atoms with Gasteiger partial charge in [-0.25, -0.2) is 13.2 Å². The predicted octanol–water partition coefficient (Wildman–Crippen LogP) is 5.32. The van der Waals surface area contributed by atoms with Crippen LogP contribution in [0.15, 0.2) is 53.4 Å². The van der Waals surface area contributed by atoms with Crippen molar-refractivity contribution in [1.29, 1.82) is 0 Å². The third-order valence-corrected chi connectivity index (χ3v) is 8.05. The van der Waals surface area contributed by atoms with E-state index in [2.05, 4.69) is 5.32 Å². The van der Waals surface area contributed by atoms with Gasteiger partial charge in [-0.2, -0.15) is 13.2 Å². The summed E-state index contributed by atoms with van der Waals surface area (Å²) < 4.78 is 73.4. The van der Waals surface area contributed by atoms with Crippen LogP contribution in [-0.2, 0) is 25.7 Å². The first-order chi connectivity index (χ1) is 18.1. The number of piperidine rings is 1. The van der Waals surface area contributed by atoms with Crippen LogP contribution >= 0.6 is 11.6 Å². The second-order valence-electron chi connectivity index (χ2n) is 10.2. The molecule has 2 aromatic rings. The first-order valence-corrected chi connectivity index (χ1v) is 14.1. The number of likely N-dealkylation sites (tertiary alicyclic amines) is 1. The first kappa shape index (κ1) is 30.6. The highest BCUT2D eigenvalue weighted by Gasteiger charge is 2.36. The number of benzene rings is 2. The van der Waals surface area contributed by atoms with Gasteiger partial charge in [-0.1, -0.05) is 29.8 Å². The number of hydrogen-bond acceptors (Lipinski definition) is 5. The zero-order chi connectivity index (χ0) is 29.0. The summed E-state index contributed by atoms with van der Waals surface area (Å²) in [6.45, 7) is 5.24. The Kier molecular flexibility index (Phi) is 9.43. The van der Waals surface area contributed by atoms with Gasteiger partial charge in [-0.05, 0) is 69.9 Å². The minimum absolute atomic E-state index is 0.119. The minimum atomic E-state index is -4.76. The van der Waals surface area contributed by atoms with Crippen LogP contribution in [0.4, 0.5) is 23.7 Å². The number of alkyl halides is 3. The number of amides is 2. The summed E-state index contributed by atoms with van der Waals surface area (Å²) in [5, 5.41) is 2.42. The van der Waals surface area contributed by atoms with Crippen molar-refractivity contribution in [3.8, 4) is 0 Å². The molecule has 39 heavy (non-hydrogen) atoms. The average molecular weight is 590 g/mol. The lowest BCUT2D eigenvalue weighted by molar-refractivity contribution is -0.137. The molecule has 0 bridgehead atoms. The fourth-order valence-electron chi connectivity index (χ4n) is 4.12. The van der Waals surface area contributed by atoms with Gasteiger partial charge >= 0.3 is 12.3 Å². The molecule has 3 rings (SSSR count). The van der Waals surface area contributed by atoms with E-state index in [0.717, 1.165) is 12.1 Å². The molecule has 1 atom stereocenters. The van der Waals surface area contributed by atoms with E-state index in [0.29, 0.717) is 29.8 Å². The Bertz CT molecular complexity index is 1280. The molecule has 0 spiro atoms. The van der Waals surface area contributed by atoms with Crippen molar-refractivity contribution in [2.24, 2.45) is 5.92 Å². The Labute approximate surface area is 231 Å². The Hall–Kier alpha value is -2.99. The zero-order valence-corrected chi connectivity index (χ0v) is 23.4. The molecule has 1 aliphatic rings. The Morgan fingerprint density at radius 2 is 1.79 bits per heavy atom. The van der Waals surface area contributed by atoms with Crippen LogP contribution in [0.1, 0.15) is 39.2 Å². The number of rotatable bonds is 7. The van der Waals surface area contributed by atoms with Crippen molar-refractivity contribution in [3.63, 3.8) is 0 Å². The van der Waals surface area contributed by atoms with Gasteiger partial charge in [0, 0.05) is 19.6 Å². The van der Waals surface area contributed by atoms with Crippen LogP contribution in [0, 0.1) is 5.92 Å². The largest absolute Gasteiger partial charge is 0.444 e. The summed E-state index contributed by atoms with van der Waals surface area (Å²) in [5.74, 6) is -0.725. The second-order valence-corrected chi connectivity index (χ2v) is 12.5. The maximum atomic E-state index is 13.6. The second kappa shape index (κ2) is 12.0. The maximum absolute atomic E-state index is 13.6. The summed E-state index contributed by atoms with van der Waals surface area (Å²) in [6.07, 6.45) is -4.04. The highest BCUT2D eigenvalue weighted by Crippen LogP contribution is 2.37. The predicted molar refractivity (Wildman–Crippen MR) is 141 cm³/mol. The highest BCUT2D eigenvalue weighted by atomic mass is 35.5. The molecular weight excluding hydrogens is 559 g/mol. The third kappa shape index (κ3) is 8.25. The van der Waals surface area contributed by atoms with Crippen LogP contribution in [0.5, 0.6) is 0 Å². The van der Waals surface area contributed by atoms with Crippen molar-refractivity contribution < 1.29 is 35.9 Å². The average Bonchev–Trinajstić information content (AvgIpc) is 2.85. The number of halogens is 4. The number of alkyl carbamates (subject to hydrolysis) is 1. The highest BCUT2D eigenvalue weighted by molar-refractivity contribution is 7.92. The fourth-order valence-corrected chi connectivity index (χ4v) is 5.84. The number of ether oxygens (including phenoxy) is 1. The van der Waals surface area contributed by atoms with Crippen LogP contribution in [0.2, 0.25) is 5.02 Å². The van der Waals surface area contributed by atoms with E-state index in [4.69, 9.17) is 16.3 Å². The quantitative estimate of drug-likeness (QED) is 0.472. The van der Waals surface area contributed by atoms with Crippen LogP contribution in [-0.4, -0.2) is 57.1 Å². The van der Waals surface area contributed by atoms with E-state index in [9.17, 15) is 31.2 Å². The molecule has 0 aromatic heterocycles. The molecule has 0 radical (unpaired) electrons. The summed E-state index contributed by atoms with van der Waals surface area (Å²) >= 11 is 6.19. The minimum Gasteiger partial charge on any atom is -0.444 e. The number of nitrogens with one attached hydrogen (secondary N) is 1. The number of carbonyl (C=O) groups is 2. The molecule has 1 N–H and O–H groups in total. The molecule has 1 heterocycles. The molecule has 2 amide bonds. The molecular formula is C26H31ClF3N3O5S. The Balaban J connectivity index is 1.85. The standard InChI is InChI=1S/C26H31ClF3N3O5S/c1-25(2,3)38-24(35)31-15-18-8-7-13-32(16-18)23(34)17-33(39(36,37)20-9-5-4-6-10-20)22-14-19(26(28,29)30)11-12-21(22)27/h4-6,9-12,14,18H,7-8,13,15-17H2,1-3H3,(H,31,35)/t18-/m0/s1. The van der Waals surface area contributed by atoms with Gasteiger partial charge in [0.2, 0.25) is 5.91 Å². The SMILES string of the molecule is CC(C)(C)OC(=O)NC[C@@H]1CCCN(C(=O)CN(c2cc(C(F)(F)F)ccc2Cl)S(=O)(=O)c2ccccc2)C1. The molecule has 1 aliphatic heterocycles. The molecule has 1 saturated heterocycles. The monoisotopic (exact) mass is 589 g/mol. The number of anilines is 1.